The number of hydrogen-bond donors (Lipinski definition) is 1. The van der Waals surface area contributed by atoms with Gasteiger partial charge in [0.1, 0.15) is 5.75 Å². The van der Waals surface area contributed by atoms with Gasteiger partial charge >= 0.3 is 0 Å². The number of rotatable bonds is 4. The van der Waals surface area contributed by atoms with Gasteiger partial charge in [0.25, 0.3) is 0 Å². The van der Waals surface area contributed by atoms with Crippen molar-refractivity contribution in [3.63, 3.8) is 0 Å². The number of aryl methyl sites for hydroxylation is 1. The first-order chi connectivity index (χ1) is 8.63. The number of ether oxygens (including phenoxy) is 1. The molecule has 1 atom stereocenters. The molecule has 0 saturated heterocycles. The van der Waals surface area contributed by atoms with Crippen molar-refractivity contribution in [2.24, 2.45) is 7.05 Å². The van der Waals surface area contributed by atoms with Gasteiger partial charge in [0, 0.05) is 24.7 Å². The summed E-state index contributed by atoms with van der Waals surface area (Å²) in [5.41, 5.74) is 2.84. The Morgan fingerprint density at radius 3 is 2.72 bits per heavy atom. The molecule has 4 heteroatoms. The maximum absolute atomic E-state index is 10.3. The van der Waals surface area contributed by atoms with Crippen LogP contribution in [-0.4, -0.2) is 22.0 Å². The van der Waals surface area contributed by atoms with Crippen molar-refractivity contribution in [3.05, 3.63) is 47.3 Å². The Hall–Kier alpha value is -1.81. The molecule has 0 bridgehead atoms. The van der Waals surface area contributed by atoms with Crippen LogP contribution in [0.2, 0.25) is 0 Å². The molecule has 0 spiro atoms. The van der Waals surface area contributed by atoms with Gasteiger partial charge in [0.05, 0.1) is 19.4 Å². The number of aliphatic hydroxyl groups excluding tert-OH is 1. The normalized spacial score (nSPS) is 12.4. The summed E-state index contributed by atoms with van der Waals surface area (Å²) < 4.78 is 7.05. The van der Waals surface area contributed by atoms with Crippen LogP contribution < -0.4 is 4.74 Å². The molecule has 1 N–H and O–H groups in total. The molecule has 0 aliphatic rings. The molecule has 0 aliphatic carbocycles. The second-order valence-corrected chi connectivity index (χ2v) is 4.34. The minimum absolute atomic E-state index is 0.524. The van der Waals surface area contributed by atoms with Gasteiger partial charge in [-0.05, 0) is 18.6 Å². The van der Waals surface area contributed by atoms with Crippen molar-refractivity contribution in [1.82, 2.24) is 9.78 Å². The number of hydrogen-bond acceptors (Lipinski definition) is 3. The van der Waals surface area contributed by atoms with E-state index >= 15 is 0 Å². The monoisotopic (exact) mass is 246 g/mol. The molecule has 4 nitrogen and oxygen atoms in total. The van der Waals surface area contributed by atoms with E-state index in [1.54, 1.807) is 18.0 Å². The highest BCUT2D eigenvalue weighted by molar-refractivity contribution is 5.35. The summed E-state index contributed by atoms with van der Waals surface area (Å²) in [5, 5.41) is 14.4. The first-order valence-corrected chi connectivity index (χ1v) is 5.92. The highest BCUT2D eigenvalue weighted by Crippen LogP contribution is 2.26. The van der Waals surface area contributed by atoms with Crippen LogP contribution >= 0.6 is 0 Å². The maximum Gasteiger partial charge on any atom is 0.122 e. The molecule has 0 radical (unpaired) electrons. The van der Waals surface area contributed by atoms with Crippen LogP contribution in [0.4, 0.5) is 0 Å². The van der Waals surface area contributed by atoms with Gasteiger partial charge in [-0.25, -0.2) is 0 Å². The third kappa shape index (κ3) is 2.38. The van der Waals surface area contributed by atoms with E-state index < -0.39 is 6.10 Å². The molecule has 0 aliphatic heterocycles. The van der Waals surface area contributed by atoms with Crippen LogP contribution in [0.3, 0.4) is 0 Å². The predicted octanol–water partition coefficient (Wildman–Crippen LogP) is 2.01. The lowest BCUT2D eigenvalue weighted by molar-refractivity contribution is 0.176. The molecular weight excluding hydrogens is 228 g/mol. The lowest BCUT2D eigenvalue weighted by Crippen LogP contribution is -2.05. The lowest BCUT2D eigenvalue weighted by Gasteiger charge is -2.13. The van der Waals surface area contributed by atoms with E-state index in [2.05, 4.69) is 5.10 Å². The zero-order valence-electron chi connectivity index (χ0n) is 10.9. The van der Waals surface area contributed by atoms with Crippen LogP contribution in [0.15, 0.2) is 30.5 Å². The fraction of sp³-hybridized carbons (Fsp3) is 0.357. The van der Waals surface area contributed by atoms with Crippen LogP contribution in [-0.2, 0) is 13.5 Å². The molecule has 1 heterocycles. The molecule has 1 aromatic heterocycles. The SMILES string of the molecule is COc1ccccc1CC(O)c1cnn(C)c1C. The molecular formula is C14H18N2O2. The van der Waals surface area contributed by atoms with Crippen molar-refractivity contribution in [3.8, 4) is 5.75 Å². The van der Waals surface area contributed by atoms with E-state index in [-0.39, 0.29) is 0 Å². The average Bonchev–Trinajstić information content (AvgIpc) is 2.71. The zero-order chi connectivity index (χ0) is 13.1. The number of methoxy groups -OCH3 is 1. The summed E-state index contributed by atoms with van der Waals surface area (Å²) in [7, 11) is 3.51. The summed E-state index contributed by atoms with van der Waals surface area (Å²) in [5.74, 6) is 0.804. The summed E-state index contributed by atoms with van der Waals surface area (Å²) in [6.45, 7) is 1.95. The first kappa shape index (κ1) is 12.6. The summed E-state index contributed by atoms with van der Waals surface area (Å²) in [6.07, 6.45) is 1.68. The third-order valence-corrected chi connectivity index (χ3v) is 3.24. The van der Waals surface area contributed by atoms with E-state index in [1.165, 1.54) is 0 Å². The van der Waals surface area contributed by atoms with Crippen LogP contribution in [0.5, 0.6) is 5.75 Å². The topological polar surface area (TPSA) is 47.3 Å². The van der Waals surface area contributed by atoms with Crippen molar-refractivity contribution in [2.75, 3.05) is 7.11 Å². The van der Waals surface area contributed by atoms with Gasteiger partial charge in [0.2, 0.25) is 0 Å². The molecule has 1 aromatic carbocycles. The number of aliphatic hydroxyl groups is 1. The van der Waals surface area contributed by atoms with E-state index in [4.69, 9.17) is 4.74 Å². The Kier molecular flexibility index (Phi) is 3.67. The fourth-order valence-electron chi connectivity index (χ4n) is 2.03. The fourth-order valence-corrected chi connectivity index (χ4v) is 2.03. The molecule has 96 valence electrons. The largest absolute Gasteiger partial charge is 0.496 e. The van der Waals surface area contributed by atoms with Crippen LogP contribution in [0.25, 0.3) is 0 Å². The number of aromatic nitrogens is 2. The predicted molar refractivity (Wildman–Crippen MR) is 69.6 cm³/mol. The molecule has 1 unspecified atom stereocenters. The van der Waals surface area contributed by atoms with Gasteiger partial charge in [-0.1, -0.05) is 18.2 Å². The highest BCUT2D eigenvalue weighted by atomic mass is 16.5. The smallest absolute Gasteiger partial charge is 0.122 e. The molecule has 2 aromatic rings. The van der Waals surface area contributed by atoms with Gasteiger partial charge in [0.15, 0.2) is 0 Å². The number of para-hydroxylation sites is 1. The van der Waals surface area contributed by atoms with Crippen molar-refractivity contribution < 1.29 is 9.84 Å². The van der Waals surface area contributed by atoms with Gasteiger partial charge in [-0.2, -0.15) is 5.10 Å². The van der Waals surface area contributed by atoms with Crippen LogP contribution in [0, 0.1) is 6.92 Å². The molecule has 0 fully saturated rings. The highest BCUT2D eigenvalue weighted by Gasteiger charge is 2.16. The quantitative estimate of drug-likeness (QED) is 0.897. The van der Waals surface area contributed by atoms with Crippen LogP contribution in [0.1, 0.15) is 22.9 Å². The second-order valence-electron chi connectivity index (χ2n) is 4.34. The van der Waals surface area contributed by atoms with Crippen molar-refractivity contribution >= 4 is 0 Å². The van der Waals surface area contributed by atoms with Gasteiger partial charge in [-0.15, -0.1) is 0 Å². The van der Waals surface area contributed by atoms with E-state index in [9.17, 15) is 5.11 Å². The standard InChI is InChI=1S/C14H18N2O2/c1-10-12(9-15-16(10)2)13(17)8-11-6-4-5-7-14(11)18-3/h4-7,9,13,17H,8H2,1-3H3. The Morgan fingerprint density at radius 2 is 2.11 bits per heavy atom. The molecule has 18 heavy (non-hydrogen) atoms. The van der Waals surface area contributed by atoms with E-state index in [1.807, 2.05) is 38.2 Å². The Balaban J connectivity index is 2.21. The van der Waals surface area contributed by atoms with Gasteiger partial charge in [-0.3, -0.25) is 4.68 Å². The van der Waals surface area contributed by atoms with Crippen molar-refractivity contribution in [2.45, 2.75) is 19.4 Å². The maximum atomic E-state index is 10.3. The lowest BCUT2D eigenvalue weighted by atomic mass is 10.0. The third-order valence-electron chi connectivity index (χ3n) is 3.24. The molecule has 2 rings (SSSR count). The summed E-state index contributed by atoms with van der Waals surface area (Å²) in [6, 6.07) is 7.73. The minimum atomic E-state index is -0.560. The summed E-state index contributed by atoms with van der Waals surface area (Å²) in [4.78, 5) is 0. The Morgan fingerprint density at radius 1 is 1.39 bits per heavy atom. The number of benzene rings is 1. The second kappa shape index (κ2) is 5.23. The molecule has 0 saturated carbocycles. The van der Waals surface area contributed by atoms with E-state index in [0.717, 1.165) is 22.6 Å². The summed E-state index contributed by atoms with van der Waals surface area (Å²) >= 11 is 0. The molecule has 0 amide bonds. The van der Waals surface area contributed by atoms with E-state index in [0.29, 0.717) is 6.42 Å². The van der Waals surface area contributed by atoms with Crippen molar-refractivity contribution in [1.29, 1.82) is 0 Å². The zero-order valence-corrected chi connectivity index (χ0v) is 10.9. The number of nitrogens with zero attached hydrogens (tertiary/aromatic N) is 2. The van der Waals surface area contributed by atoms with Gasteiger partial charge < -0.3 is 9.84 Å². The first-order valence-electron chi connectivity index (χ1n) is 5.92. The minimum Gasteiger partial charge on any atom is -0.496 e. The Bertz CT molecular complexity index is 534. The Labute approximate surface area is 107 Å². The average molecular weight is 246 g/mol.